The van der Waals surface area contributed by atoms with Crippen LogP contribution in [-0.2, 0) is 26.6 Å². The Morgan fingerprint density at radius 1 is 0.806 bits per heavy atom. The average Bonchev–Trinajstić information content (AvgIpc) is 3.12. The number of nitrogens with one attached hydrogen (secondary N) is 1. The summed E-state index contributed by atoms with van der Waals surface area (Å²) in [5.74, 6) is -0.375. The number of aromatic nitrogens is 1. The highest BCUT2D eigenvalue weighted by molar-refractivity contribution is 7.89. The normalized spacial score (nSPS) is 17.1. The van der Waals surface area contributed by atoms with E-state index in [9.17, 15) is 16.8 Å². The molecule has 7 nitrogen and oxygen atoms in total. The molecule has 1 aliphatic rings. The molecule has 1 unspecified atom stereocenters. The van der Waals surface area contributed by atoms with Crippen LogP contribution in [0, 0.1) is 13.8 Å². The fourth-order valence-corrected chi connectivity index (χ4v) is 7.28. The van der Waals surface area contributed by atoms with E-state index in [0.717, 1.165) is 27.7 Å². The molecular weight excluding hydrogens is 494 g/mol. The zero-order valence-corrected chi connectivity index (χ0v) is 21.9. The number of para-hydroxylation sites is 1. The third kappa shape index (κ3) is 4.71. The Morgan fingerprint density at radius 3 is 2.08 bits per heavy atom. The Bertz CT molecular complexity index is 1610. The smallest absolute Gasteiger partial charge is 0.243 e. The van der Waals surface area contributed by atoms with Gasteiger partial charge in [0.25, 0.3) is 0 Å². The highest BCUT2D eigenvalue weighted by Gasteiger charge is 2.33. The molecule has 0 saturated carbocycles. The van der Waals surface area contributed by atoms with E-state index < -0.39 is 20.0 Å². The zero-order valence-electron chi connectivity index (χ0n) is 20.3. The van der Waals surface area contributed by atoms with E-state index >= 15 is 0 Å². The summed E-state index contributed by atoms with van der Waals surface area (Å²) >= 11 is 0. The SMILES string of the molecule is Cc1ccc(S(=O)(=O)NCC2CN(S(=O)(=O)c3ccc(C)cc3)CCn3c2cc2ccccc23)cc1. The van der Waals surface area contributed by atoms with E-state index in [-0.39, 0.29) is 28.8 Å². The number of hydrogen-bond acceptors (Lipinski definition) is 4. The average molecular weight is 524 g/mol. The molecular formula is C27H29N3O4S2. The van der Waals surface area contributed by atoms with Gasteiger partial charge in [0, 0.05) is 43.3 Å². The van der Waals surface area contributed by atoms with Crippen molar-refractivity contribution in [3.63, 3.8) is 0 Å². The summed E-state index contributed by atoms with van der Waals surface area (Å²) in [4.78, 5) is 0.426. The predicted octanol–water partition coefficient (Wildman–Crippen LogP) is 4.02. The molecule has 1 aliphatic heterocycles. The first-order valence-corrected chi connectivity index (χ1v) is 14.8. The molecule has 0 amide bonds. The van der Waals surface area contributed by atoms with E-state index in [1.165, 1.54) is 4.31 Å². The number of fused-ring (bicyclic) bond motifs is 3. The molecule has 1 N–H and O–H groups in total. The molecule has 0 bridgehead atoms. The number of nitrogens with zero attached hydrogens (tertiary/aromatic N) is 2. The lowest BCUT2D eigenvalue weighted by Gasteiger charge is -2.24. The predicted molar refractivity (Wildman–Crippen MR) is 141 cm³/mol. The molecule has 188 valence electrons. The van der Waals surface area contributed by atoms with Gasteiger partial charge in [0.05, 0.1) is 9.79 Å². The molecule has 0 spiro atoms. The quantitative estimate of drug-likeness (QED) is 0.413. The van der Waals surface area contributed by atoms with Crippen LogP contribution in [0.1, 0.15) is 22.7 Å². The topological polar surface area (TPSA) is 88.5 Å². The van der Waals surface area contributed by atoms with Crippen molar-refractivity contribution in [1.82, 2.24) is 13.6 Å². The van der Waals surface area contributed by atoms with Crippen LogP contribution in [0.25, 0.3) is 10.9 Å². The van der Waals surface area contributed by atoms with Crippen LogP contribution in [0.2, 0.25) is 0 Å². The molecule has 0 saturated heterocycles. The van der Waals surface area contributed by atoms with Crippen molar-refractivity contribution in [1.29, 1.82) is 0 Å². The third-order valence-electron chi connectivity index (χ3n) is 6.77. The van der Waals surface area contributed by atoms with Crippen LogP contribution in [0.4, 0.5) is 0 Å². The number of benzene rings is 3. The lowest BCUT2D eigenvalue weighted by Crippen LogP contribution is -2.38. The summed E-state index contributed by atoms with van der Waals surface area (Å²) in [6, 6.07) is 23.5. The molecule has 0 aliphatic carbocycles. The van der Waals surface area contributed by atoms with E-state index in [4.69, 9.17) is 0 Å². The minimum atomic E-state index is -3.76. The molecule has 1 aromatic heterocycles. The third-order valence-corrected chi connectivity index (χ3v) is 10.1. The summed E-state index contributed by atoms with van der Waals surface area (Å²) in [7, 11) is -7.51. The van der Waals surface area contributed by atoms with Crippen LogP contribution >= 0.6 is 0 Å². The second kappa shape index (κ2) is 9.48. The summed E-state index contributed by atoms with van der Waals surface area (Å²) in [6.45, 7) is 4.84. The summed E-state index contributed by atoms with van der Waals surface area (Å²) in [5.41, 5.74) is 3.88. The highest BCUT2D eigenvalue weighted by Crippen LogP contribution is 2.31. The number of rotatable bonds is 6. The fraction of sp³-hybridized carbons (Fsp3) is 0.259. The second-order valence-electron chi connectivity index (χ2n) is 9.32. The van der Waals surface area contributed by atoms with Crippen LogP contribution in [0.15, 0.2) is 88.7 Å². The lowest BCUT2D eigenvalue weighted by molar-refractivity contribution is 0.392. The van der Waals surface area contributed by atoms with Gasteiger partial charge in [-0.1, -0.05) is 53.6 Å². The van der Waals surface area contributed by atoms with Gasteiger partial charge in [-0.15, -0.1) is 0 Å². The summed E-state index contributed by atoms with van der Waals surface area (Å²) < 4.78 is 59.5. The van der Waals surface area contributed by atoms with Gasteiger partial charge in [-0.05, 0) is 55.6 Å². The first-order chi connectivity index (χ1) is 17.1. The van der Waals surface area contributed by atoms with Crippen LogP contribution in [0.3, 0.4) is 0 Å². The van der Waals surface area contributed by atoms with Crippen molar-refractivity contribution in [2.75, 3.05) is 19.6 Å². The number of hydrogen-bond donors (Lipinski definition) is 1. The molecule has 3 aromatic carbocycles. The molecule has 5 rings (SSSR count). The van der Waals surface area contributed by atoms with Gasteiger partial charge >= 0.3 is 0 Å². The van der Waals surface area contributed by atoms with Gasteiger partial charge in [0.1, 0.15) is 0 Å². The monoisotopic (exact) mass is 523 g/mol. The Kier molecular flexibility index (Phi) is 6.50. The first kappa shape index (κ1) is 24.7. The molecule has 4 aromatic rings. The minimum absolute atomic E-state index is 0.0758. The van der Waals surface area contributed by atoms with E-state index in [0.29, 0.717) is 13.1 Å². The Hall–Kier alpha value is -2.98. The van der Waals surface area contributed by atoms with E-state index in [2.05, 4.69) is 9.29 Å². The van der Waals surface area contributed by atoms with Gasteiger partial charge < -0.3 is 4.57 Å². The summed E-state index contributed by atoms with van der Waals surface area (Å²) in [6.07, 6.45) is 0. The largest absolute Gasteiger partial charge is 0.343 e. The van der Waals surface area contributed by atoms with E-state index in [1.54, 1.807) is 48.5 Å². The number of aryl methyl sites for hydroxylation is 2. The molecule has 1 atom stereocenters. The fourth-order valence-electron chi connectivity index (χ4n) is 4.72. The van der Waals surface area contributed by atoms with Gasteiger partial charge in [-0.2, -0.15) is 4.31 Å². The van der Waals surface area contributed by atoms with Crippen LogP contribution < -0.4 is 4.72 Å². The van der Waals surface area contributed by atoms with Crippen molar-refractivity contribution in [2.24, 2.45) is 0 Å². The van der Waals surface area contributed by atoms with Crippen molar-refractivity contribution in [3.8, 4) is 0 Å². The molecule has 0 radical (unpaired) electrons. The maximum atomic E-state index is 13.6. The van der Waals surface area contributed by atoms with Crippen molar-refractivity contribution in [2.45, 2.75) is 36.1 Å². The van der Waals surface area contributed by atoms with Gasteiger partial charge in [-0.25, -0.2) is 21.6 Å². The molecule has 2 heterocycles. The van der Waals surface area contributed by atoms with Crippen LogP contribution in [-0.4, -0.2) is 45.3 Å². The standard InChI is InChI=1S/C27H29N3O4S2/c1-20-7-11-24(12-8-20)35(31,32)28-18-23-19-29(36(33,34)25-13-9-21(2)10-14-25)15-16-30-26-6-4-3-5-22(26)17-27(23)30/h3-14,17,23,28H,15-16,18-19H2,1-2H3. The zero-order chi connectivity index (χ0) is 25.5. The van der Waals surface area contributed by atoms with Gasteiger partial charge in [-0.3, -0.25) is 0 Å². The molecule has 36 heavy (non-hydrogen) atoms. The van der Waals surface area contributed by atoms with Gasteiger partial charge in [0.2, 0.25) is 20.0 Å². The second-order valence-corrected chi connectivity index (χ2v) is 13.0. The Labute approximate surface area is 212 Å². The van der Waals surface area contributed by atoms with Gasteiger partial charge in [0.15, 0.2) is 0 Å². The minimum Gasteiger partial charge on any atom is -0.343 e. The molecule has 0 fully saturated rings. The van der Waals surface area contributed by atoms with Crippen molar-refractivity contribution < 1.29 is 16.8 Å². The maximum Gasteiger partial charge on any atom is 0.243 e. The van der Waals surface area contributed by atoms with Crippen molar-refractivity contribution >= 4 is 30.9 Å². The van der Waals surface area contributed by atoms with E-state index in [1.807, 2.05) is 44.2 Å². The van der Waals surface area contributed by atoms with Crippen LogP contribution in [0.5, 0.6) is 0 Å². The lowest BCUT2D eigenvalue weighted by atomic mass is 10.1. The first-order valence-electron chi connectivity index (χ1n) is 11.9. The Morgan fingerprint density at radius 2 is 1.42 bits per heavy atom. The maximum absolute atomic E-state index is 13.6. The number of sulfonamides is 2. The Balaban J connectivity index is 1.50. The van der Waals surface area contributed by atoms with Crippen molar-refractivity contribution in [3.05, 3.63) is 95.7 Å². The highest BCUT2D eigenvalue weighted by atomic mass is 32.2. The molecule has 9 heteroatoms. The summed E-state index contributed by atoms with van der Waals surface area (Å²) in [5, 5.41) is 1.05.